The van der Waals surface area contributed by atoms with Crippen molar-refractivity contribution in [1.29, 1.82) is 0 Å². The van der Waals surface area contributed by atoms with Gasteiger partial charge < -0.3 is 9.32 Å². The van der Waals surface area contributed by atoms with Crippen LogP contribution in [0, 0.1) is 6.92 Å². The second-order valence-electron chi connectivity index (χ2n) is 5.76. The Bertz CT molecular complexity index is 645. The summed E-state index contributed by atoms with van der Waals surface area (Å²) in [6.07, 6.45) is 4.41. The Morgan fingerprint density at radius 3 is 2.73 bits per heavy atom. The maximum Gasteiger partial charge on any atom is 0.247 e. The molecule has 2 aromatic rings. The van der Waals surface area contributed by atoms with E-state index in [9.17, 15) is 4.79 Å². The molecule has 0 bridgehead atoms. The molecule has 0 aliphatic carbocycles. The number of piperidine rings is 1. The molecule has 1 amide bonds. The fourth-order valence-corrected chi connectivity index (χ4v) is 2.79. The van der Waals surface area contributed by atoms with Crippen molar-refractivity contribution in [2.75, 3.05) is 13.1 Å². The number of amides is 1. The molecule has 0 saturated carbocycles. The molecule has 3 rings (SSSR count). The molecule has 0 radical (unpaired) electrons. The number of carbonyl (C=O) groups excluding carboxylic acids is 1. The number of carbonyl (C=O) groups is 1. The smallest absolute Gasteiger partial charge is 0.247 e. The molecule has 1 aromatic heterocycles. The molecule has 116 valence electrons. The lowest BCUT2D eigenvalue weighted by molar-refractivity contribution is -0.132. The first-order valence-electron chi connectivity index (χ1n) is 7.90. The van der Waals surface area contributed by atoms with Crippen molar-refractivity contribution >= 4 is 5.91 Å². The summed E-state index contributed by atoms with van der Waals surface area (Å²) < 4.78 is 5.70. The van der Waals surface area contributed by atoms with Crippen molar-refractivity contribution in [3.05, 3.63) is 35.7 Å². The molecule has 1 fully saturated rings. The van der Waals surface area contributed by atoms with Gasteiger partial charge in [0.25, 0.3) is 0 Å². The number of hydrogen-bond acceptors (Lipinski definition) is 4. The molecule has 2 heterocycles. The van der Waals surface area contributed by atoms with Gasteiger partial charge in [-0.3, -0.25) is 4.79 Å². The van der Waals surface area contributed by atoms with Gasteiger partial charge in [0.1, 0.15) is 0 Å². The van der Waals surface area contributed by atoms with Gasteiger partial charge in [-0.2, -0.15) is 0 Å². The van der Waals surface area contributed by atoms with E-state index >= 15 is 0 Å². The largest absolute Gasteiger partial charge is 0.421 e. The number of likely N-dealkylation sites (tertiary alicyclic amines) is 1. The monoisotopic (exact) mass is 299 g/mol. The summed E-state index contributed by atoms with van der Waals surface area (Å²) in [7, 11) is 0. The predicted octanol–water partition coefficient (Wildman–Crippen LogP) is 2.99. The van der Waals surface area contributed by atoms with Gasteiger partial charge >= 0.3 is 0 Å². The van der Waals surface area contributed by atoms with E-state index in [1.807, 2.05) is 36.1 Å². The van der Waals surface area contributed by atoms with Crippen molar-refractivity contribution in [1.82, 2.24) is 15.1 Å². The number of rotatable bonds is 4. The topological polar surface area (TPSA) is 59.2 Å². The zero-order valence-electron chi connectivity index (χ0n) is 12.9. The number of benzene rings is 1. The van der Waals surface area contributed by atoms with Crippen molar-refractivity contribution in [3.63, 3.8) is 0 Å². The highest BCUT2D eigenvalue weighted by atomic mass is 16.4. The van der Waals surface area contributed by atoms with E-state index in [4.69, 9.17) is 4.42 Å². The maximum absolute atomic E-state index is 12.1. The molecule has 0 N–H and O–H groups in total. The summed E-state index contributed by atoms with van der Waals surface area (Å²) in [5, 5.41) is 8.16. The van der Waals surface area contributed by atoms with E-state index in [0.717, 1.165) is 37.1 Å². The van der Waals surface area contributed by atoms with Gasteiger partial charge in [-0.25, -0.2) is 0 Å². The molecular weight excluding hydrogens is 278 g/mol. The average molecular weight is 299 g/mol. The van der Waals surface area contributed by atoms with Gasteiger partial charge in [0.2, 0.25) is 17.7 Å². The third-order valence-corrected chi connectivity index (χ3v) is 4.10. The third kappa shape index (κ3) is 3.35. The summed E-state index contributed by atoms with van der Waals surface area (Å²) in [5.74, 6) is 1.25. The highest BCUT2D eigenvalue weighted by Crippen LogP contribution is 2.22. The average Bonchev–Trinajstić information content (AvgIpc) is 3.02. The number of aryl methyl sites for hydroxylation is 2. The van der Waals surface area contributed by atoms with E-state index in [-0.39, 0.29) is 5.91 Å². The van der Waals surface area contributed by atoms with Crippen LogP contribution in [0.25, 0.3) is 11.5 Å². The van der Waals surface area contributed by atoms with E-state index in [2.05, 4.69) is 10.2 Å². The van der Waals surface area contributed by atoms with E-state index in [0.29, 0.717) is 24.6 Å². The Hall–Kier alpha value is -2.17. The van der Waals surface area contributed by atoms with Crippen molar-refractivity contribution < 1.29 is 9.21 Å². The molecule has 0 atom stereocenters. The summed E-state index contributed by atoms with van der Waals surface area (Å²) >= 11 is 0. The van der Waals surface area contributed by atoms with E-state index in [1.165, 1.54) is 6.42 Å². The van der Waals surface area contributed by atoms with E-state index in [1.54, 1.807) is 0 Å². The Labute approximate surface area is 130 Å². The van der Waals surface area contributed by atoms with Gasteiger partial charge in [-0.15, -0.1) is 10.2 Å². The summed E-state index contributed by atoms with van der Waals surface area (Å²) in [6, 6.07) is 7.91. The van der Waals surface area contributed by atoms with Crippen LogP contribution in [0.1, 0.15) is 37.1 Å². The van der Waals surface area contributed by atoms with Crippen LogP contribution < -0.4 is 0 Å². The molecule has 5 heteroatoms. The zero-order chi connectivity index (χ0) is 15.4. The first-order chi connectivity index (χ1) is 10.7. The Balaban J connectivity index is 1.60. The lowest BCUT2D eigenvalue weighted by Gasteiger charge is -2.26. The summed E-state index contributed by atoms with van der Waals surface area (Å²) in [6.45, 7) is 3.79. The standard InChI is InChI=1S/C17H21N3O2/c1-13-7-3-4-8-14(13)17-19-18-15(22-17)9-10-16(21)20-11-5-2-6-12-20/h3-4,7-8H,2,5-6,9-12H2,1H3. The predicted molar refractivity (Wildman–Crippen MR) is 83.2 cm³/mol. The first-order valence-corrected chi connectivity index (χ1v) is 7.90. The van der Waals surface area contributed by atoms with Crippen molar-refractivity contribution in [3.8, 4) is 11.5 Å². The van der Waals surface area contributed by atoms with Crippen LogP contribution in [0.3, 0.4) is 0 Å². The normalized spacial score (nSPS) is 15.0. The number of aromatic nitrogens is 2. The van der Waals surface area contributed by atoms with E-state index < -0.39 is 0 Å². The number of nitrogens with zero attached hydrogens (tertiary/aromatic N) is 3. The van der Waals surface area contributed by atoms with Gasteiger partial charge in [0.15, 0.2) is 0 Å². The summed E-state index contributed by atoms with van der Waals surface area (Å²) in [4.78, 5) is 14.1. The quantitative estimate of drug-likeness (QED) is 0.871. The van der Waals surface area contributed by atoms with Crippen LogP contribution in [-0.2, 0) is 11.2 Å². The molecular formula is C17H21N3O2. The van der Waals surface area contributed by atoms with Gasteiger partial charge in [0.05, 0.1) is 0 Å². The molecule has 1 aliphatic rings. The molecule has 0 unspecified atom stereocenters. The van der Waals surface area contributed by atoms with Crippen molar-refractivity contribution in [2.24, 2.45) is 0 Å². The Kier molecular flexibility index (Phi) is 4.51. The second kappa shape index (κ2) is 6.73. The van der Waals surface area contributed by atoms with Crippen LogP contribution in [0.4, 0.5) is 0 Å². The third-order valence-electron chi connectivity index (χ3n) is 4.10. The molecule has 0 spiro atoms. The van der Waals surface area contributed by atoms with Crippen LogP contribution >= 0.6 is 0 Å². The van der Waals surface area contributed by atoms with Gasteiger partial charge in [-0.05, 0) is 37.8 Å². The lowest BCUT2D eigenvalue weighted by atomic mass is 10.1. The van der Waals surface area contributed by atoms with Crippen LogP contribution in [0.2, 0.25) is 0 Å². The van der Waals surface area contributed by atoms with Crippen LogP contribution in [0.5, 0.6) is 0 Å². The van der Waals surface area contributed by atoms with Crippen molar-refractivity contribution in [2.45, 2.75) is 39.0 Å². The molecule has 1 saturated heterocycles. The Morgan fingerprint density at radius 2 is 1.95 bits per heavy atom. The molecule has 1 aromatic carbocycles. The highest BCUT2D eigenvalue weighted by molar-refractivity contribution is 5.76. The minimum absolute atomic E-state index is 0.190. The van der Waals surface area contributed by atoms with Gasteiger partial charge in [0, 0.05) is 31.5 Å². The minimum Gasteiger partial charge on any atom is -0.421 e. The molecule has 22 heavy (non-hydrogen) atoms. The zero-order valence-corrected chi connectivity index (χ0v) is 12.9. The number of hydrogen-bond donors (Lipinski definition) is 0. The Morgan fingerprint density at radius 1 is 1.18 bits per heavy atom. The second-order valence-corrected chi connectivity index (χ2v) is 5.76. The SMILES string of the molecule is Cc1ccccc1-c1nnc(CCC(=O)N2CCCCC2)o1. The van der Waals surface area contributed by atoms with Crippen LogP contribution in [-0.4, -0.2) is 34.1 Å². The van der Waals surface area contributed by atoms with Gasteiger partial charge in [-0.1, -0.05) is 18.2 Å². The molecule has 5 nitrogen and oxygen atoms in total. The fourth-order valence-electron chi connectivity index (χ4n) is 2.79. The maximum atomic E-state index is 12.1. The minimum atomic E-state index is 0.190. The first kappa shape index (κ1) is 14.8. The highest BCUT2D eigenvalue weighted by Gasteiger charge is 2.17. The van der Waals surface area contributed by atoms with Crippen LogP contribution in [0.15, 0.2) is 28.7 Å². The summed E-state index contributed by atoms with van der Waals surface area (Å²) in [5.41, 5.74) is 2.05. The molecule has 1 aliphatic heterocycles. The fraction of sp³-hybridized carbons (Fsp3) is 0.471. The lowest BCUT2D eigenvalue weighted by Crippen LogP contribution is -2.35.